The van der Waals surface area contributed by atoms with Gasteiger partial charge in [0.25, 0.3) is 0 Å². The number of rotatable bonds is 5. The molecule has 3 N–H and O–H groups in total. The molecule has 0 aliphatic carbocycles. The quantitative estimate of drug-likeness (QED) is 0.766. The zero-order chi connectivity index (χ0) is 18.8. The van der Waals surface area contributed by atoms with Gasteiger partial charge < -0.3 is 20.9 Å². The van der Waals surface area contributed by atoms with Gasteiger partial charge in [0.1, 0.15) is 5.82 Å². The van der Waals surface area contributed by atoms with Crippen LogP contribution in [-0.4, -0.2) is 48.4 Å². The first kappa shape index (κ1) is 18.2. The monoisotopic (exact) mass is 384 g/mol. The highest BCUT2D eigenvalue weighted by Crippen LogP contribution is 2.42. The fourth-order valence-corrected chi connectivity index (χ4v) is 4.80. The number of hydrogen-bond acceptors (Lipinski definition) is 7. The Morgan fingerprint density at radius 1 is 1.11 bits per heavy atom. The molecule has 144 valence electrons. The number of piperazine rings is 1. The van der Waals surface area contributed by atoms with Crippen LogP contribution in [0, 0.1) is 0 Å². The summed E-state index contributed by atoms with van der Waals surface area (Å²) in [7, 11) is 0. The first-order valence-corrected chi connectivity index (χ1v) is 10.8. The lowest BCUT2D eigenvalue weighted by Crippen LogP contribution is -2.47. The van der Waals surface area contributed by atoms with E-state index in [1.807, 2.05) is 23.9 Å². The Morgan fingerprint density at radius 3 is 2.52 bits per heavy atom. The van der Waals surface area contributed by atoms with Gasteiger partial charge in [-0.15, -0.1) is 11.8 Å². The van der Waals surface area contributed by atoms with Gasteiger partial charge in [-0.05, 0) is 30.7 Å². The fraction of sp³-hybridized carbons (Fsp3) is 0.500. The average Bonchev–Trinajstić information content (AvgIpc) is 3.08. The van der Waals surface area contributed by atoms with Crippen LogP contribution in [0.25, 0.3) is 0 Å². The van der Waals surface area contributed by atoms with Crippen LogP contribution in [0.2, 0.25) is 0 Å². The molecule has 0 saturated carbocycles. The summed E-state index contributed by atoms with van der Waals surface area (Å²) in [6.07, 6.45) is 1.09. The Hall–Kier alpha value is -2.15. The lowest BCUT2D eigenvalue weighted by atomic mass is 10.1. The van der Waals surface area contributed by atoms with Gasteiger partial charge in [0, 0.05) is 55.8 Å². The first-order valence-electron chi connectivity index (χ1n) is 9.79. The van der Waals surface area contributed by atoms with E-state index >= 15 is 0 Å². The van der Waals surface area contributed by atoms with E-state index in [9.17, 15) is 0 Å². The van der Waals surface area contributed by atoms with Crippen LogP contribution in [0.1, 0.15) is 31.9 Å². The highest BCUT2D eigenvalue weighted by Gasteiger charge is 2.28. The van der Waals surface area contributed by atoms with Crippen LogP contribution in [0.5, 0.6) is 0 Å². The van der Waals surface area contributed by atoms with Crippen LogP contribution >= 0.6 is 11.8 Å². The number of anilines is 4. The van der Waals surface area contributed by atoms with Gasteiger partial charge >= 0.3 is 0 Å². The van der Waals surface area contributed by atoms with E-state index in [2.05, 4.69) is 41.1 Å². The third-order valence-electron chi connectivity index (χ3n) is 5.19. The molecular weight excluding hydrogens is 356 g/mol. The molecule has 2 aliphatic rings. The van der Waals surface area contributed by atoms with Crippen molar-refractivity contribution in [2.24, 2.45) is 0 Å². The van der Waals surface area contributed by atoms with Gasteiger partial charge in [-0.1, -0.05) is 13.8 Å². The van der Waals surface area contributed by atoms with Crippen molar-refractivity contribution in [3.05, 3.63) is 30.0 Å². The van der Waals surface area contributed by atoms with Crippen molar-refractivity contribution in [1.29, 1.82) is 0 Å². The second kappa shape index (κ2) is 7.84. The predicted octanol–water partition coefficient (Wildman–Crippen LogP) is 3.42. The van der Waals surface area contributed by atoms with Crippen LogP contribution in [0.3, 0.4) is 0 Å². The second-order valence-corrected chi connectivity index (χ2v) is 8.32. The van der Waals surface area contributed by atoms with E-state index in [4.69, 9.17) is 15.7 Å². The highest BCUT2D eigenvalue weighted by atomic mass is 32.2. The molecule has 27 heavy (non-hydrogen) atoms. The summed E-state index contributed by atoms with van der Waals surface area (Å²) in [5.41, 5.74) is 9.06. The zero-order valence-corrected chi connectivity index (χ0v) is 16.9. The van der Waals surface area contributed by atoms with Crippen molar-refractivity contribution in [3.63, 3.8) is 0 Å². The van der Waals surface area contributed by atoms with E-state index in [0.717, 1.165) is 62.4 Å². The highest BCUT2D eigenvalue weighted by molar-refractivity contribution is 7.99. The van der Waals surface area contributed by atoms with Gasteiger partial charge in [-0.25, -0.2) is 4.98 Å². The summed E-state index contributed by atoms with van der Waals surface area (Å²) in [4.78, 5) is 15.8. The minimum Gasteiger partial charge on any atom is -0.399 e. The van der Waals surface area contributed by atoms with E-state index in [-0.39, 0.29) is 0 Å². The number of thioether (sulfide) groups is 1. The Labute approximate surface area is 165 Å². The molecule has 4 rings (SSSR count). The summed E-state index contributed by atoms with van der Waals surface area (Å²) in [6.45, 7) is 9.18. The Bertz CT molecular complexity index is 786. The molecule has 1 aromatic heterocycles. The summed E-state index contributed by atoms with van der Waals surface area (Å²) in [6, 6.07) is 8.14. The average molecular weight is 385 g/mol. The minimum absolute atomic E-state index is 0.491. The number of nitrogen functional groups attached to an aromatic ring is 1. The van der Waals surface area contributed by atoms with Crippen molar-refractivity contribution < 1.29 is 0 Å². The molecule has 2 aliphatic heterocycles. The SMILES string of the molecule is CCCNc1nc(N2CCN(c3ccc(N)cc3)CC2)nc2c1SCC2C. The summed E-state index contributed by atoms with van der Waals surface area (Å²) >= 11 is 1.88. The third kappa shape index (κ3) is 3.78. The molecule has 1 saturated heterocycles. The second-order valence-electron chi connectivity index (χ2n) is 7.29. The molecule has 2 aromatic rings. The van der Waals surface area contributed by atoms with Crippen molar-refractivity contribution >= 4 is 34.9 Å². The molecule has 3 heterocycles. The number of nitrogens with one attached hydrogen (secondary N) is 1. The molecule has 0 radical (unpaired) electrons. The number of nitrogens with zero attached hydrogens (tertiary/aromatic N) is 4. The van der Waals surface area contributed by atoms with Crippen molar-refractivity contribution in [2.45, 2.75) is 31.1 Å². The molecule has 7 heteroatoms. The standard InChI is InChI=1S/C20H28N6S/c1-3-8-22-19-18-17(14(2)13-27-18)23-20(24-19)26-11-9-25(10-12-26)16-6-4-15(21)5-7-16/h4-7,14H,3,8-13,21H2,1-2H3,(H,22,23,24). The number of fused-ring (bicyclic) bond motifs is 1. The van der Waals surface area contributed by atoms with Crippen molar-refractivity contribution in [1.82, 2.24) is 9.97 Å². The maximum absolute atomic E-state index is 5.81. The van der Waals surface area contributed by atoms with Crippen molar-refractivity contribution in [3.8, 4) is 0 Å². The summed E-state index contributed by atoms with van der Waals surface area (Å²) in [5.74, 6) is 3.48. The lowest BCUT2D eigenvalue weighted by Gasteiger charge is -2.36. The summed E-state index contributed by atoms with van der Waals surface area (Å²) in [5, 5.41) is 3.51. The normalized spacial score (nSPS) is 19.3. The van der Waals surface area contributed by atoms with Gasteiger partial charge in [0.15, 0.2) is 0 Å². The molecule has 0 amide bonds. The fourth-order valence-electron chi connectivity index (χ4n) is 3.57. The lowest BCUT2D eigenvalue weighted by molar-refractivity contribution is 0.635. The molecule has 6 nitrogen and oxygen atoms in total. The smallest absolute Gasteiger partial charge is 0.227 e. The van der Waals surface area contributed by atoms with E-state index in [1.165, 1.54) is 16.3 Å². The minimum atomic E-state index is 0.491. The molecule has 1 aromatic carbocycles. The topological polar surface area (TPSA) is 70.3 Å². The molecule has 0 spiro atoms. The van der Waals surface area contributed by atoms with Crippen LogP contribution in [0.15, 0.2) is 29.2 Å². The number of benzene rings is 1. The Morgan fingerprint density at radius 2 is 1.81 bits per heavy atom. The van der Waals surface area contributed by atoms with Crippen LogP contribution in [-0.2, 0) is 0 Å². The summed E-state index contributed by atoms with van der Waals surface area (Å²) < 4.78 is 0. The zero-order valence-electron chi connectivity index (χ0n) is 16.1. The van der Waals surface area contributed by atoms with Crippen LogP contribution < -0.4 is 20.9 Å². The maximum atomic E-state index is 5.81. The largest absolute Gasteiger partial charge is 0.399 e. The van der Waals surface area contributed by atoms with Gasteiger partial charge in [0.2, 0.25) is 5.95 Å². The van der Waals surface area contributed by atoms with Gasteiger partial charge in [-0.2, -0.15) is 4.98 Å². The van der Waals surface area contributed by atoms with E-state index in [0.29, 0.717) is 5.92 Å². The number of hydrogen-bond donors (Lipinski definition) is 2. The Balaban J connectivity index is 1.51. The van der Waals surface area contributed by atoms with E-state index < -0.39 is 0 Å². The number of nitrogens with two attached hydrogens (primary N) is 1. The van der Waals surface area contributed by atoms with Gasteiger partial charge in [-0.3, -0.25) is 0 Å². The predicted molar refractivity (Wildman–Crippen MR) is 115 cm³/mol. The van der Waals surface area contributed by atoms with Crippen molar-refractivity contribution in [2.75, 3.05) is 59.3 Å². The number of aromatic nitrogens is 2. The maximum Gasteiger partial charge on any atom is 0.227 e. The first-order chi connectivity index (χ1) is 13.2. The molecule has 1 atom stereocenters. The molecular formula is C20H28N6S. The van der Waals surface area contributed by atoms with Crippen LogP contribution in [0.4, 0.5) is 23.1 Å². The molecule has 0 bridgehead atoms. The molecule has 1 fully saturated rings. The molecule has 1 unspecified atom stereocenters. The van der Waals surface area contributed by atoms with E-state index in [1.54, 1.807) is 0 Å². The third-order valence-corrected chi connectivity index (χ3v) is 6.55. The van der Waals surface area contributed by atoms with Gasteiger partial charge in [0.05, 0.1) is 10.6 Å². The Kier molecular flexibility index (Phi) is 5.29.